The predicted octanol–water partition coefficient (Wildman–Crippen LogP) is 4.70. The highest BCUT2D eigenvalue weighted by atomic mass is 32.2. The predicted molar refractivity (Wildman–Crippen MR) is 139 cm³/mol. The molecule has 0 bridgehead atoms. The van der Waals surface area contributed by atoms with Gasteiger partial charge in [0, 0.05) is 11.4 Å². The number of rotatable bonds is 10. The van der Waals surface area contributed by atoms with Crippen molar-refractivity contribution in [3.8, 4) is 11.4 Å². The van der Waals surface area contributed by atoms with Crippen LogP contribution in [0.25, 0.3) is 5.69 Å². The maximum Gasteiger partial charge on any atom is 0.261 e. The maximum atomic E-state index is 12.6. The summed E-state index contributed by atoms with van der Waals surface area (Å²) in [4.78, 5) is 25.6. The number of aromatic nitrogens is 3. The van der Waals surface area contributed by atoms with E-state index in [1.165, 1.54) is 23.1 Å². The first-order chi connectivity index (χ1) is 17.0. The van der Waals surface area contributed by atoms with Crippen molar-refractivity contribution in [1.29, 1.82) is 0 Å². The van der Waals surface area contributed by atoms with Crippen LogP contribution in [0.2, 0.25) is 0 Å². The molecule has 0 atom stereocenters. The lowest BCUT2D eigenvalue weighted by molar-refractivity contribution is -0.113. The van der Waals surface area contributed by atoms with Gasteiger partial charge in [-0.3, -0.25) is 14.2 Å². The van der Waals surface area contributed by atoms with Gasteiger partial charge in [-0.2, -0.15) is 0 Å². The van der Waals surface area contributed by atoms with E-state index in [0.717, 1.165) is 17.0 Å². The highest BCUT2D eigenvalue weighted by Gasteiger charge is 2.17. The van der Waals surface area contributed by atoms with Gasteiger partial charge in [0.25, 0.3) is 5.91 Å². The zero-order valence-corrected chi connectivity index (χ0v) is 21.0. The van der Waals surface area contributed by atoms with Crippen molar-refractivity contribution in [2.75, 3.05) is 17.7 Å². The topological polar surface area (TPSA) is 98.1 Å². The molecular formula is C25H25N5O3S2. The van der Waals surface area contributed by atoms with Gasteiger partial charge in [0.1, 0.15) is 5.75 Å². The fourth-order valence-electron chi connectivity index (χ4n) is 3.32. The molecule has 0 radical (unpaired) electrons. The number of nitrogens with one attached hydrogen (secondary N) is 2. The number of hydrogen-bond donors (Lipinski definition) is 2. The van der Waals surface area contributed by atoms with E-state index >= 15 is 0 Å². The monoisotopic (exact) mass is 507 g/mol. The summed E-state index contributed by atoms with van der Waals surface area (Å²) in [6.07, 6.45) is 0. The molecule has 0 aliphatic rings. The van der Waals surface area contributed by atoms with Crippen LogP contribution in [0.3, 0.4) is 0 Å². The van der Waals surface area contributed by atoms with E-state index in [4.69, 9.17) is 4.74 Å². The second-order valence-electron chi connectivity index (χ2n) is 7.53. The highest BCUT2D eigenvalue weighted by molar-refractivity contribution is 7.99. The number of benzene rings is 2. The largest absolute Gasteiger partial charge is 0.494 e. The summed E-state index contributed by atoms with van der Waals surface area (Å²) in [5.41, 5.74) is 2.63. The number of carbonyl (C=O) groups is 2. The Morgan fingerprint density at radius 2 is 1.91 bits per heavy atom. The van der Waals surface area contributed by atoms with Crippen LogP contribution in [0, 0.1) is 6.92 Å². The van der Waals surface area contributed by atoms with Crippen LogP contribution in [-0.2, 0) is 11.3 Å². The molecule has 2 aromatic carbocycles. The van der Waals surface area contributed by atoms with Gasteiger partial charge in [0.05, 0.1) is 23.8 Å². The first-order valence-corrected chi connectivity index (χ1v) is 12.9. The second-order valence-corrected chi connectivity index (χ2v) is 9.42. The molecule has 2 amide bonds. The van der Waals surface area contributed by atoms with Gasteiger partial charge in [0.2, 0.25) is 5.91 Å². The Hall–Kier alpha value is -3.63. The minimum atomic E-state index is -0.164. The van der Waals surface area contributed by atoms with Crippen molar-refractivity contribution in [2.45, 2.75) is 25.5 Å². The molecule has 10 heteroatoms. The van der Waals surface area contributed by atoms with Gasteiger partial charge in [-0.15, -0.1) is 21.5 Å². The Morgan fingerprint density at radius 3 is 2.63 bits per heavy atom. The molecule has 2 aromatic heterocycles. The molecule has 4 aromatic rings. The Morgan fingerprint density at radius 1 is 1.09 bits per heavy atom. The molecule has 0 spiro atoms. The molecule has 4 rings (SSSR count). The second kappa shape index (κ2) is 11.7. The third-order valence-electron chi connectivity index (χ3n) is 4.89. The Kier molecular flexibility index (Phi) is 8.17. The van der Waals surface area contributed by atoms with Gasteiger partial charge in [-0.1, -0.05) is 30.0 Å². The van der Waals surface area contributed by atoms with E-state index < -0.39 is 0 Å². The minimum absolute atomic E-state index is 0.152. The maximum absolute atomic E-state index is 12.6. The third kappa shape index (κ3) is 6.49. The van der Waals surface area contributed by atoms with E-state index in [9.17, 15) is 9.59 Å². The van der Waals surface area contributed by atoms with Crippen molar-refractivity contribution in [1.82, 2.24) is 20.1 Å². The number of carbonyl (C=O) groups excluding carboxylic acids is 2. The van der Waals surface area contributed by atoms with E-state index in [0.29, 0.717) is 28.2 Å². The molecule has 2 N–H and O–H groups in total. The van der Waals surface area contributed by atoms with Gasteiger partial charge in [0.15, 0.2) is 11.0 Å². The average Bonchev–Trinajstić information content (AvgIpc) is 3.53. The van der Waals surface area contributed by atoms with Crippen LogP contribution < -0.4 is 15.4 Å². The van der Waals surface area contributed by atoms with Crippen molar-refractivity contribution in [2.24, 2.45) is 0 Å². The van der Waals surface area contributed by atoms with Crippen LogP contribution in [0.4, 0.5) is 5.69 Å². The van der Waals surface area contributed by atoms with Gasteiger partial charge < -0.3 is 15.4 Å². The summed E-state index contributed by atoms with van der Waals surface area (Å²) in [6.45, 7) is 4.72. The summed E-state index contributed by atoms with van der Waals surface area (Å²) in [6, 6.07) is 18.8. The lowest BCUT2D eigenvalue weighted by atomic mass is 10.2. The molecule has 0 fully saturated rings. The molecule has 8 nitrogen and oxygen atoms in total. The molecular weight excluding hydrogens is 482 g/mol. The third-order valence-corrected chi connectivity index (χ3v) is 6.69. The molecule has 0 unspecified atom stereocenters. The van der Waals surface area contributed by atoms with Crippen molar-refractivity contribution in [3.63, 3.8) is 0 Å². The van der Waals surface area contributed by atoms with Gasteiger partial charge in [-0.25, -0.2) is 0 Å². The normalized spacial score (nSPS) is 10.7. The fraction of sp³-hybridized carbons (Fsp3) is 0.200. The van der Waals surface area contributed by atoms with Gasteiger partial charge >= 0.3 is 0 Å². The fourth-order valence-corrected chi connectivity index (χ4v) is 4.73. The summed E-state index contributed by atoms with van der Waals surface area (Å²) in [5.74, 6) is 1.16. The molecule has 2 heterocycles. The lowest BCUT2D eigenvalue weighted by Gasteiger charge is -2.12. The Balaban J connectivity index is 1.46. The van der Waals surface area contributed by atoms with Crippen LogP contribution in [0.1, 0.15) is 28.0 Å². The molecule has 0 saturated carbocycles. The standard InChI is InChI=1S/C25H25N5O3S2/c1-3-33-20-11-9-18(10-12-20)27-23(31)16-35-25-29-28-22(15-26-24(32)21-8-5-13-34-21)30(25)19-7-4-6-17(2)14-19/h4-14H,3,15-16H2,1-2H3,(H,26,32)(H,27,31). The van der Waals surface area contributed by atoms with Crippen LogP contribution in [0.5, 0.6) is 5.75 Å². The van der Waals surface area contributed by atoms with E-state index in [1.807, 2.05) is 66.3 Å². The summed E-state index contributed by atoms with van der Waals surface area (Å²) >= 11 is 2.66. The number of aryl methyl sites for hydroxylation is 1. The molecule has 35 heavy (non-hydrogen) atoms. The SMILES string of the molecule is CCOc1ccc(NC(=O)CSc2nnc(CNC(=O)c3cccs3)n2-c2cccc(C)c2)cc1. The first-order valence-electron chi connectivity index (χ1n) is 11.0. The summed E-state index contributed by atoms with van der Waals surface area (Å²) in [7, 11) is 0. The molecule has 0 saturated heterocycles. The number of amides is 2. The first kappa shape index (κ1) is 24.5. The summed E-state index contributed by atoms with van der Waals surface area (Å²) in [5, 5.41) is 16.8. The van der Waals surface area contributed by atoms with Crippen molar-refractivity contribution < 1.29 is 14.3 Å². The van der Waals surface area contributed by atoms with Crippen LogP contribution in [0.15, 0.2) is 71.2 Å². The van der Waals surface area contributed by atoms with Crippen LogP contribution in [-0.4, -0.2) is 38.9 Å². The Labute approximate surface area is 211 Å². The number of hydrogen-bond acceptors (Lipinski definition) is 7. The van der Waals surface area contributed by atoms with Crippen molar-refractivity contribution in [3.05, 3.63) is 82.3 Å². The minimum Gasteiger partial charge on any atom is -0.494 e. The molecule has 0 aliphatic heterocycles. The lowest BCUT2D eigenvalue weighted by Crippen LogP contribution is -2.24. The average molecular weight is 508 g/mol. The zero-order valence-electron chi connectivity index (χ0n) is 19.4. The molecule has 180 valence electrons. The van der Waals surface area contributed by atoms with Crippen molar-refractivity contribution >= 4 is 40.6 Å². The number of thioether (sulfide) groups is 1. The number of anilines is 1. The Bertz CT molecular complexity index is 1290. The van der Waals surface area contributed by atoms with Gasteiger partial charge in [-0.05, 0) is 67.3 Å². The number of thiophene rings is 1. The van der Waals surface area contributed by atoms with E-state index in [2.05, 4.69) is 20.8 Å². The zero-order chi connectivity index (χ0) is 24.6. The van der Waals surface area contributed by atoms with E-state index in [1.54, 1.807) is 18.2 Å². The molecule has 0 aliphatic carbocycles. The van der Waals surface area contributed by atoms with E-state index in [-0.39, 0.29) is 24.1 Å². The van der Waals surface area contributed by atoms with Crippen LogP contribution >= 0.6 is 23.1 Å². The smallest absolute Gasteiger partial charge is 0.261 e. The quantitative estimate of drug-likeness (QED) is 0.302. The number of nitrogens with zero attached hydrogens (tertiary/aromatic N) is 3. The number of ether oxygens (including phenoxy) is 1. The highest BCUT2D eigenvalue weighted by Crippen LogP contribution is 2.24. The summed E-state index contributed by atoms with van der Waals surface area (Å²) < 4.78 is 7.30.